The van der Waals surface area contributed by atoms with E-state index in [1.54, 1.807) is 4.68 Å². The van der Waals surface area contributed by atoms with Crippen LogP contribution in [0.5, 0.6) is 0 Å². The summed E-state index contributed by atoms with van der Waals surface area (Å²) in [6, 6.07) is 16.4. The van der Waals surface area contributed by atoms with Gasteiger partial charge in [-0.2, -0.15) is 9.78 Å². The van der Waals surface area contributed by atoms with E-state index in [2.05, 4.69) is 59.2 Å². The van der Waals surface area contributed by atoms with Crippen LogP contribution in [0.2, 0.25) is 0 Å². The SMILES string of the molecule is CCN(CC)c1ccc(N=C2C(C)=Nn3c2nnc3-c2ccccc2)c(C)c1. The molecule has 4 rings (SSSR count). The average Bonchev–Trinajstić information content (AvgIpc) is 3.24. The topological polar surface area (TPSA) is 58.7 Å². The highest BCUT2D eigenvalue weighted by atomic mass is 15.5. The van der Waals surface area contributed by atoms with Gasteiger partial charge < -0.3 is 4.90 Å². The van der Waals surface area contributed by atoms with Crippen LogP contribution in [-0.2, 0) is 0 Å². The Morgan fingerprint density at radius 2 is 1.64 bits per heavy atom. The Morgan fingerprint density at radius 1 is 0.929 bits per heavy atom. The molecule has 0 spiro atoms. The van der Waals surface area contributed by atoms with E-state index in [1.165, 1.54) is 5.69 Å². The maximum absolute atomic E-state index is 4.88. The molecule has 0 unspecified atom stereocenters. The van der Waals surface area contributed by atoms with Crippen molar-refractivity contribution in [2.75, 3.05) is 18.0 Å². The van der Waals surface area contributed by atoms with Crippen molar-refractivity contribution in [2.45, 2.75) is 27.7 Å². The van der Waals surface area contributed by atoms with E-state index in [9.17, 15) is 0 Å². The maximum Gasteiger partial charge on any atom is 0.205 e. The fraction of sp³-hybridized carbons (Fsp3) is 0.273. The van der Waals surface area contributed by atoms with E-state index in [0.717, 1.165) is 47.2 Å². The van der Waals surface area contributed by atoms with E-state index >= 15 is 0 Å². The molecule has 1 aliphatic rings. The van der Waals surface area contributed by atoms with Crippen molar-refractivity contribution in [2.24, 2.45) is 10.1 Å². The van der Waals surface area contributed by atoms with Crippen LogP contribution in [0.1, 0.15) is 32.2 Å². The van der Waals surface area contributed by atoms with Gasteiger partial charge in [-0.05, 0) is 51.5 Å². The van der Waals surface area contributed by atoms with Crippen LogP contribution in [0.15, 0.2) is 58.6 Å². The quantitative estimate of drug-likeness (QED) is 0.664. The lowest BCUT2D eigenvalue weighted by atomic mass is 10.1. The predicted molar refractivity (Wildman–Crippen MR) is 115 cm³/mol. The summed E-state index contributed by atoms with van der Waals surface area (Å²) in [5.41, 5.74) is 5.88. The van der Waals surface area contributed by atoms with E-state index in [0.29, 0.717) is 5.82 Å². The summed E-state index contributed by atoms with van der Waals surface area (Å²) in [6.07, 6.45) is 0. The number of aryl methyl sites for hydroxylation is 1. The van der Waals surface area contributed by atoms with Gasteiger partial charge in [0.1, 0.15) is 5.71 Å². The van der Waals surface area contributed by atoms with E-state index < -0.39 is 0 Å². The highest BCUT2D eigenvalue weighted by Crippen LogP contribution is 2.28. The molecule has 6 nitrogen and oxygen atoms in total. The second kappa shape index (κ2) is 7.38. The third kappa shape index (κ3) is 3.11. The summed E-state index contributed by atoms with van der Waals surface area (Å²) < 4.78 is 1.78. The van der Waals surface area contributed by atoms with Crippen molar-refractivity contribution in [3.05, 3.63) is 59.9 Å². The molecule has 0 amide bonds. The number of fused-ring (bicyclic) bond motifs is 1. The Hall–Kier alpha value is -3.28. The number of benzene rings is 2. The van der Waals surface area contributed by atoms with Crippen molar-refractivity contribution in [3.8, 4) is 11.4 Å². The average molecular weight is 372 g/mol. The first-order valence-electron chi connectivity index (χ1n) is 9.63. The summed E-state index contributed by atoms with van der Waals surface area (Å²) in [5, 5.41) is 13.3. The Morgan fingerprint density at radius 3 is 2.32 bits per heavy atom. The zero-order valence-corrected chi connectivity index (χ0v) is 16.7. The summed E-state index contributed by atoms with van der Waals surface area (Å²) in [5.74, 6) is 1.41. The highest BCUT2D eigenvalue weighted by Gasteiger charge is 2.26. The Labute approximate surface area is 165 Å². The van der Waals surface area contributed by atoms with E-state index in [-0.39, 0.29) is 0 Å². The number of anilines is 1. The zero-order chi connectivity index (χ0) is 19.7. The Bertz CT molecular complexity index is 1060. The molecule has 142 valence electrons. The van der Waals surface area contributed by atoms with Crippen LogP contribution in [0.3, 0.4) is 0 Å². The molecule has 0 fully saturated rings. The summed E-state index contributed by atoms with van der Waals surface area (Å²) in [7, 11) is 0. The lowest BCUT2D eigenvalue weighted by Gasteiger charge is -2.21. The van der Waals surface area contributed by atoms with Crippen LogP contribution >= 0.6 is 0 Å². The monoisotopic (exact) mass is 372 g/mol. The molecular weight excluding hydrogens is 348 g/mol. The molecule has 0 saturated carbocycles. The van der Waals surface area contributed by atoms with Gasteiger partial charge in [0.05, 0.1) is 11.4 Å². The number of hydrogen-bond donors (Lipinski definition) is 0. The number of rotatable bonds is 5. The third-order valence-corrected chi connectivity index (χ3v) is 5.02. The summed E-state index contributed by atoms with van der Waals surface area (Å²) in [4.78, 5) is 7.21. The molecule has 0 N–H and O–H groups in total. The molecule has 6 heteroatoms. The zero-order valence-electron chi connectivity index (χ0n) is 16.7. The van der Waals surface area contributed by atoms with Crippen LogP contribution < -0.4 is 4.90 Å². The molecule has 0 radical (unpaired) electrons. The first kappa shape index (κ1) is 18.1. The predicted octanol–water partition coefficient (Wildman–Crippen LogP) is 4.46. The van der Waals surface area contributed by atoms with Crippen molar-refractivity contribution in [1.29, 1.82) is 0 Å². The lowest BCUT2D eigenvalue weighted by Crippen LogP contribution is -2.21. The van der Waals surface area contributed by atoms with Gasteiger partial charge in [-0.1, -0.05) is 30.3 Å². The minimum absolute atomic E-state index is 0.684. The smallest absolute Gasteiger partial charge is 0.205 e. The fourth-order valence-corrected chi connectivity index (χ4v) is 3.45. The van der Waals surface area contributed by atoms with Crippen LogP contribution in [0, 0.1) is 6.92 Å². The van der Waals surface area contributed by atoms with Crippen molar-refractivity contribution < 1.29 is 0 Å². The van der Waals surface area contributed by atoms with Gasteiger partial charge in [-0.15, -0.1) is 10.2 Å². The van der Waals surface area contributed by atoms with Gasteiger partial charge in [0.25, 0.3) is 0 Å². The van der Waals surface area contributed by atoms with E-state index in [1.807, 2.05) is 37.3 Å². The van der Waals surface area contributed by atoms with Crippen LogP contribution in [-0.4, -0.2) is 39.4 Å². The Balaban J connectivity index is 1.72. The number of nitrogens with zero attached hydrogens (tertiary/aromatic N) is 6. The third-order valence-electron chi connectivity index (χ3n) is 5.02. The minimum Gasteiger partial charge on any atom is -0.372 e. The summed E-state index contributed by atoms with van der Waals surface area (Å²) >= 11 is 0. The lowest BCUT2D eigenvalue weighted by molar-refractivity contribution is 0.865. The van der Waals surface area contributed by atoms with Gasteiger partial charge in [-0.3, -0.25) is 0 Å². The molecule has 0 atom stereocenters. The molecular formula is C22H24N6. The largest absolute Gasteiger partial charge is 0.372 e. The highest BCUT2D eigenvalue weighted by molar-refractivity contribution is 6.48. The molecule has 0 aliphatic carbocycles. The van der Waals surface area contributed by atoms with Gasteiger partial charge >= 0.3 is 0 Å². The molecule has 0 saturated heterocycles. The number of aliphatic imine (C=N–C) groups is 1. The second-order valence-corrected chi connectivity index (χ2v) is 6.81. The molecule has 0 bridgehead atoms. The normalized spacial score (nSPS) is 14.3. The van der Waals surface area contributed by atoms with Gasteiger partial charge in [-0.25, -0.2) is 4.99 Å². The number of aromatic nitrogens is 3. The molecule has 1 aromatic heterocycles. The second-order valence-electron chi connectivity index (χ2n) is 6.81. The Kier molecular flexibility index (Phi) is 4.77. The molecule has 1 aliphatic heterocycles. The summed E-state index contributed by atoms with van der Waals surface area (Å²) in [6.45, 7) is 10.4. The van der Waals surface area contributed by atoms with Crippen molar-refractivity contribution >= 4 is 22.8 Å². The fourth-order valence-electron chi connectivity index (χ4n) is 3.45. The minimum atomic E-state index is 0.684. The number of hydrogen-bond acceptors (Lipinski definition) is 5. The van der Waals surface area contributed by atoms with E-state index in [4.69, 9.17) is 4.99 Å². The van der Waals surface area contributed by atoms with Gasteiger partial charge in [0.2, 0.25) is 5.82 Å². The molecule has 2 aromatic carbocycles. The molecule has 28 heavy (non-hydrogen) atoms. The maximum atomic E-state index is 4.88. The van der Waals surface area contributed by atoms with Gasteiger partial charge in [0.15, 0.2) is 5.82 Å². The molecule has 3 aromatic rings. The first-order chi connectivity index (χ1) is 13.6. The molecule has 2 heterocycles. The van der Waals surface area contributed by atoms with Crippen LogP contribution in [0.25, 0.3) is 11.4 Å². The van der Waals surface area contributed by atoms with Crippen molar-refractivity contribution in [3.63, 3.8) is 0 Å². The van der Waals surface area contributed by atoms with Crippen molar-refractivity contribution in [1.82, 2.24) is 14.9 Å². The first-order valence-corrected chi connectivity index (χ1v) is 9.63. The van der Waals surface area contributed by atoms with Crippen LogP contribution in [0.4, 0.5) is 11.4 Å². The van der Waals surface area contributed by atoms with Gasteiger partial charge in [0, 0.05) is 24.3 Å². The standard InChI is InChI=1S/C22H24N6/c1-5-27(6-2)18-12-13-19(15(3)14-18)23-20-16(4)26-28-21(24-25-22(20)28)17-10-8-7-9-11-17/h7-14H,5-6H2,1-4H3.